The molecule has 4 nitrogen and oxygen atoms in total. The Bertz CT molecular complexity index is 385. The van der Waals surface area contributed by atoms with E-state index < -0.39 is 0 Å². The molecule has 1 aliphatic carbocycles. The summed E-state index contributed by atoms with van der Waals surface area (Å²) in [5.41, 5.74) is 0. The maximum atomic E-state index is 12.6. The molecular weight excluding hydrogens is 369 g/mol. The summed E-state index contributed by atoms with van der Waals surface area (Å²) in [5, 5.41) is 3.41. The lowest BCUT2D eigenvalue weighted by molar-refractivity contribution is -0.131. The van der Waals surface area contributed by atoms with Gasteiger partial charge in [-0.15, -0.1) is 24.8 Å². The summed E-state index contributed by atoms with van der Waals surface area (Å²) in [6.45, 7) is 7.77. The second-order valence-electron chi connectivity index (χ2n) is 8.27. The maximum Gasteiger partial charge on any atom is 0.222 e. The minimum atomic E-state index is 0. The predicted molar refractivity (Wildman–Crippen MR) is 114 cm³/mol. The van der Waals surface area contributed by atoms with Crippen molar-refractivity contribution in [3.63, 3.8) is 0 Å². The highest BCUT2D eigenvalue weighted by atomic mass is 35.5. The van der Waals surface area contributed by atoms with Gasteiger partial charge >= 0.3 is 0 Å². The van der Waals surface area contributed by atoms with E-state index in [-0.39, 0.29) is 24.8 Å². The van der Waals surface area contributed by atoms with Gasteiger partial charge in [0.2, 0.25) is 5.91 Å². The van der Waals surface area contributed by atoms with Crippen molar-refractivity contribution < 1.29 is 4.79 Å². The van der Waals surface area contributed by atoms with Crippen LogP contribution in [0.4, 0.5) is 0 Å². The first-order valence-electron chi connectivity index (χ1n) is 10.5. The zero-order valence-corrected chi connectivity index (χ0v) is 17.9. The molecule has 2 aliphatic heterocycles. The van der Waals surface area contributed by atoms with Gasteiger partial charge < -0.3 is 15.1 Å². The molecule has 0 aromatic carbocycles. The molecule has 3 rings (SSSR count). The Hall–Kier alpha value is -0.0300. The largest absolute Gasteiger partial charge is 0.341 e. The van der Waals surface area contributed by atoms with Gasteiger partial charge in [0.05, 0.1) is 0 Å². The highest BCUT2D eigenvalue weighted by Gasteiger charge is 2.23. The van der Waals surface area contributed by atoms with Crippen molar-refractivity contribution in [2.75, 3.05) is 45.8 Å². The number of piperidine rings is 1. The molecule has 3 aliphatic rings. The molecule has 1 N–H and O–H groups in total. The Morgan fingerprint density at radius 1 is 0.808 bits per heavy atom. The highest BCUT2D eigenvalue weighted by Crippen LogP contribution is 2.25. The quantitative estimate of drug-likeness (QED) is 0.753. The van der Waals surface area contributed by atoms with Crippen LogP contribution in [0.5, 0.6) is 0 Å². The normalized spacial score (nSPS) is 23.6. The van der Waals surface area contributed by atoms with Gasteiger partial charge in [-0.25, -0.2) is 0 Å². The minimum absolute atomic E-state index is 0. The van der Waals surface area contributed by atoms with Crippen LogP contribution in [0.1, 0.15) is 64.2 Å². The molecule has 0 atom stereocenters. The van der Waals surface area contributed by atoms with Crippen molar-refractivity contribution in [3.8, 4) is 0 Å². The summed E-state index contributed by atoms with van der Waals surface area (Å²) in [5.74, 6) is 2.10. The van der Waals surface area contributed by atoms with E-state index in [0.29, 0.717) is 5.91 Å². The van der Waals surface area contributed by atoms with Crippen LogP contribution in [-0.4, -0.2) is 61.5 Å². The number of nitrogens with one attached hydrogen (secondary N) is 1. The van der Waals surface area contributed by atoms with Crippen LogP contribution in [0.25, 0.3) is 0 Å². The van der Waals surface area contributed by atoms with E-state index >= 15 is 0 Å². The molecule has 2 saturated heterocycles. The van der Waals surface area contributed by atoms with Crippen LogP contribution in [0, 0.1) is 11.8 Å². The second-order valence-corrected chi connectivity index (χ2v) is 8.27. The molecule has 1 saturated carbocycles. The van der Waals surface area contributed by atoms with Crippen molar-refractivity contribution >= 4 is 30.7 Å². The number of amides is 1. The lowest BCUT2D eigenvalue weighted by Gasteiger charge is -2.29. The lowest BCUT2D eigenvalue weighted by Crippen LogP contribution is -2.37. The first kappa shape index (κ1) is 24.0. The fraction of sp³-hybridized carbons (Fsp3) is 0.950. The summed E-state index contributed by atoms with van der Waals surface area (Å²) >= 11 is 0. The number of hydrogen-bond acceptors (Lipinski definition) is 3. The molecule has 1 amide bonds. The van der Waals surface area contributed by atoms with Gasteiger partial charge in [0.25, 0.3) is 0 Å². The van der Waals surface area contributed by atoms with E-state index in [9.17, 15) is 4.79 Å². The predicted octanol–water partition coefficient (Wildman–Crippen LogP) is 3.72. The van der Waals surface area contributed by atoms with Gasteiger partial charge in [0.1, 0.15) is 0 Å². The molecule has 0 aromatic rings. The Balaban J connectivity index is 0.00000169. The van der Waals surface area contributed by atoms with Gasteiger partial charge in [-0.3, -0.25) is 4.79 Å². The molecule has 0 aromatic heterocycles. The van der Waals surface area contributed by atoms with E-state index in [2.05, 4.69) is 15.1 Å². The molecule has 0 bridgehead atoms. The molecule has 2 heterocycles. The molecule has 0 unspecified atom stereocenters. The molecule has 154 valence electrons. The third kappa shape index (κ3) is 7.92. The van der Waals surface area contributed by atoms with Crippen molar-refractivity contribution in [2.45, 2.75) is 64.2 Å². The number of rotatable bonds is 5. The van der Waals surface area contributed by atoms with Crippen molar-refractivity contribution in [1.29, 1.82) is 0 Å². The first-order chi connectivity index (χ1) is 11.8. The zero-order valence-electron chi connectivity index (χ0n) is 16.3. The maximum absolute atomic E-state index is 12.6. The average molecular weight is 408 g/mol. The Morgan fingerprint density at radius 3 is 2.27 bits per heavy atom. The fourth-order valence-corrected chi connectivity index (χ4v) is 4.79. The van der Waals surface area contributed by atoms with Gasteiger partial charge in [0.15, 0.2) is 0 Å². The Morgan fingerprint density at radius 2 is 1.54 bits per heavy atom. The van der Waals surface area contributed by atoms with Crippen molar-refractivity contribution in [1.82, 2.24) is 15.1 Å². The number of carbonyl (C=O) groups excluding carboxylic acids is 1. The standard InChI is InChI=1S/C20H37N3O.2ClH/c24-20(8-7-18-9-11-21-12-10-18)23-14-4-13-22(15-16-23)17-19-5-2-1-3-6-19;;/h18-19,21H,1-17H2;2*1H. The number of carbonyl (C=O) groups is 1. The zero-order chi connectivity index (χ0) is 16.6. The minimum Gasteiger partial charge on any atom is -0.341 e. The second kappa shape index (κ2) is 13.2. The smallest absolute Gasteiger partial charge is 0.222 e. The molecule has 0 spiro atoms. The van der Waals surface area contributed by atoms with E-state index in [4.69, 9.17) is 0 Å². The fourth-order valence-electron chi connectivity index (χ4n) is 4.79. The van der Waals surface area contributed by atoms with Gasteiger partial charge in [-0.05, 0) is 70.0 Å². The molecule has 6 heteroatoms. The number of halogens is 2. The third-order valence-electron chi connectivity index (χ3n) is 6.41. The van der Waals surface area contributed by atoms with Crippen LogP contribution >= 0.6 is 24.8 Å². The van der Waals surface area contributed by atoms with E-state index in [0.717, 1.165) is 63.8 Å². The Kier molecular flexibility index (Phi) is 12.2. The van der Waals surface area contributed by atoms with Crippen LogP contribution in [0.2, 0.25) is 0 Å². The van der Waals surface area contributed by atoms with Crippen LogP contribution in [-0.2, 0) is 4.79 Å². The van der Waals surface area contributed by atoms with Crippen LogP contribution in [0.15, 0.2) is 0 Å². The molecule has 26 heavy (non-hydrogen) atoms. The summed E-state index contributed by atoms with van der Waals surface area (Å²) < 4.78 is 0. The summed E-state index contributed by atoms with van der Waals surface area (Å²) in [6, 6.07) is 0. The molecule has 0 radical (unpaired) electrons. The van der Waals surface area contributed by atoms with Crippen molar-refractivity contribution in [3.05, 3.63) is 0 Å². The Labute approximate surface area is 172 Å². The number of hydrogen-bond donors (Lipinski definition) is 1. The van der Waals surface area contributed by atoms with Gasteiger partial charge in [-0.2, -0.15) is 0 Å². The van der Waals surface area contributed by atoms with E-state index in [1.165, 1.54) is 58.0 Å². The van der Waals surface area contributed by atoms with Crippen LogP contribution < -0.4 is 5.32 Å². The summed E-state index contributed by atoms with van der Waals surface area (Å²) in [4.78, 5) is 17.4. The van der Waals surface area contributed by atoms with Gasteiger partial charge in [0, 0.05) is 32.6 Å². The van der Waals surface area contributed by atoms with Crippen molar-refractivity contribution in [2.24, 2.45) is 11.8 Å². The topological polar surface area (TPSA) is 35.6 Å². The highest BCUT2D eigenvalue weighted by molar-refractivity contribution is 5.85. The number of nitrogens with zero attached hydrogens (tertiary/aromatic N) is 2. The van der Waals surface area contributed by atoms with E-state index in [1.54, 1.807) is 0 Å². The average Bonchev–Trinajstić information content (AvgIpc) is 2.87. The monoisotopic (exact) mass is 407 g/mol. The first-order valence-corrected chi connectivity index (χ1v) is 10.5. The molecule has 3 fully saturated rings. The lowest BCUT2D eigenvalue weighted by atomic mass is 9.89. The summed E-state index contributed by atoms with van der Waals surface area (Å²) in [7, 11) is 0. The third-order valence-corrected chi connectivity index (χ3v) is 6.41. The van der Waals surface area contributed by atoms with E-state index in [1.807, 2.05) is 0 Å². The van der Waals surface area contributed by atoms with Crippen LogP contribution in [0.3, 0.4) is 0 Å². The summed E-state index contributed by atoms with van der Waals surface area (Å²) in [6.07, 6.45) is 12.7. The van der Waals surface area contributed by atoms with Gasteiger partial charge in [-0.1, -0.05) is 19.3 Å². The molecular formula is C20H39Cl2N3O. The SMILES string of the molecule is Cl.Cl.O=C(CCC1CCNCC1)N1CCCN(CC2CCCCC2)CC1.